The lowest BCUT2D eigenvalue weighted by Crippen LogP contribution is -1.76. The molecule has 0 spiro atoms. The van der Waals surface area contributed by atoms with Crippen LogP contribution in [0.15, 0.2) is 82.2 Å². The second kappa shape index (κ2) is 8.04. The normalized spacial score (nSPS) is 11.3. The molecule has 0 saturated carbocycles. The molecular formula is C24H14S6. The predicted octanol–water partition coefficient (Wildman–Crippen LogP) is 10.4. The third kappa shape index (κ3) is 3.38. The van der Waals surface area contributed by atoms with Crippen molar-refractivity contribution < 1.29 is 0 Å². The summed E-state index contributed by atoms with van der Waals surface area (Å²) in [4.78, 5) is 10.8. The molecule has 0 bridgehead atoms. The summed E-state index contributed by atoms with van der Waals surface area (Å²) in [6, 6.07) is 22.3. The Bertz CT molecular complexity index is 1370. The van der Waals surface area contributed by atoms with E-state index in [1.165, 1.54) is 50.1 Å². The molecule has 6 rings (SSSR count). The molecule has 6 heteroatoms. The van der Waals surface area contributed by atoms with E-state index in [4.69, 9.17) is 0 Å². The van der Waals surface area contributed by atoms with Crippen LogP contribution in [0.1, 0.15) is 0 Å². The molecule has 0 radical (unpaired) electrons. The van der Waals surface area contributed by atoms with Crippen molar-refractivity contribution in [3.63, 3.8) is 0 Å². The highest BCUT2D eigenvalue weighted by atomic mass is 32.1. The van der Waals surface area contributed by atoms with E-state index in [1.807, 2.05) is 68.0 Å². The van der Waals surface area contributed by atoms with Crippen molar-refractivity contribution in [3.05, 3.63) is 82.2 Å². The lowest BCUT2D eigenvalue weighted by Gasteiger charge is -2.03. The molecule has 6 aromatic heterocycles. The van der Waals surface area contributed by atoms with Gasteiger partial charge >= 0.3 is 0 Å². The summed E-state index contributed by atoms with van der Waals surface area (Å²) < 4.78 is 0. The van der Waals surface area contributed by atoms with Gasteiger partial charge in [-0.15, -0.1) is 68.0 Å². The van der Waals surface area contributed by atoms with E-state index in [1.54, 1.807) is 0 Å². The van der Waals surface area contributed by atoms with E-state index in [-0.39, 0.29) is 0 Å². The standard InChI is InChI=1S/C24H14S6/c1-4-17(25-10-1)19-7-8-21(29-19)23-15(9-13-28-23)16-14-22(18-5-2-11-26-18)30-24(16)20-6-3-12-27-20/h1-14H. The number of rotatable bonds is 5. The molecule has 0 aliphatic rings. The van der Waals surface area contributed by atoms with E-state index >= 15 is 0 Å². The number of hydrogen-bond donors (Lipinski definition) is 0. The van der Waals surface area contributed by atoms with Crippen molar-refractivity contribution in [2.45, 2.75) is 0 Å². The summed E-state index contributed by atoms with van der Waals surface area (Å²) in [7, 11) is 0. The van der Waals surface area contributed by atoms with Crippen molar-refractivity contribution in [2.75, 3.05) is 0 Å². The van der Waals surface area contributed by atoms with Crippen molar-refractivity contribution in [3.8, 4) is 50.1 Å². The first kappa shape index (κ1) is 18.9. The fourth-order valence-corrected chi connectivity index (χ4v) is 9.20. The minimum atomic E-state index is 1.34. The summed E-state index contributed by atoms with van der Waals surface area (Å²) in [5, 5.41) is 8.71. The first-order valence-corrected chi connectivity index (χ1v) is 14.5. The third-order valence-electron chi connectivity index (χ3n) is 4.79. The Kier molecular flexibility index (Phi) is 5.07. The maximum atomic E-state index is 2.39. The Balaban J connectivity index is 1.49. The largest absolute Gasteiger partial charge is 0.143 e. The molecule has 0 aliphatic carbocycles. The molecular weight excluding hydrogens is 481 g/mol. The van der Waals surface area contributed by atoms with Crippen molar-refractivity contribution in [1.82, 2.24) is 0 Å². The summed E-state index contributed by atoms with van der Waals surface area (Å²) in [6.07, 6.45) is 0. The highest BCUT2D eigenvalue weighted by Gasteiger charge is 2.20. The maximum absolute atomic E-state index is 2.39. The average Bonchev–Trinajstić information content (AvgIpc) is 3.61. The molecule has 0 fully saturated rings. The summed E-state index contributed by atoms with van der Waals surface area (Å²) in [6.45, 7) is 0. The van der Waals surface area contributed by atoms with Crippen LogP contribution in [-0.2, 0) is 0 Å². The second-order valence-electron chi connectivity index (χ2n) is 6.61. The number of thiophene rings is 6. The van der Waals surface area contributed by atoms with Gasteiger partial charge in [-0.05, 0) is 64.0 Å². The van der Waals surface area contributed by atoms with Gasteiger partial charge in [0.05, 0.1) is 9.75 Å². The van der Waals surface area contributed by atoms with E-state index in [2.05, 4.69) is 82.2 Å². The number of hydrogen-bond acceptors (Lipinski definition) is 6. The lowest BCUT2D eigenvalue weighted by atomic mass is 10.1. The minimum Gasteiger partial charge on any atom is -0.143 e. The average molecular weight is 495 g/mol. The topological polar surface area (TPSA) is 0 Å². The molecule has 0 nitrogen and oxygen atoms in total. The molecule has 0 saturated heterocycles. The molecule has 6 heterocycles. The summed E-state index contributed by atoms with van der Waals surface area (Å²) in [5.41, 5.74) is 2.70. The quantitative estimate of drug-likeness (QED) is 0.223. The predicted molar refractivity (Wildman–Crippen MR) is 141 cm³/mol. The van der Waals surface area contributed by atoms with Crippen molar-refractivity contribution in [1.29, 1.82) is 0 Å². The second-order valence-corrected chi connectivity index (χ2v) is 12.5. The van der Waals surface area contributed by atoms with Crippen LogP contribution in [0.3, 0.4) is 0 Å². The highest BCUT2D eigenvalue weighted by Crippen LogP contribution is 2.50. The van der Waals surface area contributed by atoms with Crippen molar-refractivity contribution >= 4 is 68.0 Å². The zero-order valence-electron chi connectivity index (χ0n) is 15.5. The van der Waals surface area contributed by atoms with Gasteiger partial charge in [0.2, 0.25) is 0 Å². The molecule has 0 atom stereocenters. The van der Waals surface area contributed by atoms with Crippen LogP contribution < -0.4 is 0 Å². The van der Waals surface area contributed by atoms with Crippen LogP contribution >= 0.6 is 68.0 Å². The monoisotopic (exact) mass is 494 g/mol. The Labute approximate surface area is 199 Å². The van der Waals surface area contributed by atoms with E-state index in [9.17, 15) is 0 Å². The Morgan fingerprint density at radius 2 is 1.07 bits per heavy atom. The van der Waals surface area contributed by atoms with Crippen LogP contribution in [0.2, 0.25) is 0 Å². The van der Waals surface area contributed by atoms with E-state index in [0.717, 1.165) is 0 Å². The summed E-state index contributed by atoms with van der Waals surface area (Å²) >= 11 is 11.1. The van der Waals surface area contributed by atoms with Gasteiger partial charge in [0.1, 0.15) is 0 Å². The van der Waals surface area contributed by atoms with Gasteiger partial charge in [0, 0.05) is 40.4 Å². The van der Waals surface area contributed by atoms with Crippen LogP contribution in [0.4, 0.5) is 0 Å². The molecule has 0 aromatic carbocycles. The molecule has 0 N–H and O–H groups in total. The SMILES string of the molecule is c1csc(-c2ccc(-c3sccc3-c3cc(-c4cccs4)sc3-c3cccs3)s2)c1. The molecule has 0 unspecified atom stereocenters. The van der Waals surface area contributed by atoms with Gasteiger partial charge in [-0.3, -0.25) is 0 Å². The minimum absolute atomic E-state index is 1.34. The van der Waals surface area contributed by atoms with Crippen molar-refractivity contribution in [2.24, 2.45) is 0 Å². The zero-order chi connectivity index (χ0) is 19.9. The van der Waals surface area contributed by atoms with E-state index < -0.39 is 0 Å². The summed E-state index contributed by atoms with van der Waals surface area (Å²) in [5.74, 6) is 0. The fraction of sp³-hybridized carbons (Fsp3) is 0. The van der Waals surface area contributed by atoms with E-state index in [0.29, 0.717) is 0 Å². The van der Waals surface area contributed by atoms with Gasteiger partial charge in [-0.1, -0.05) is 18.2 Å². The maximum Gasteiger partial charge on any atom is 0.0528 e. The lowest BCUT2D eigenvalue weighted by molar-refractivity contribution is 1.80. The van der Waals surface area contributed by atoms with Crippen LogP contribution in [0.25, 0.3) is 50.1 Å². The van der Waals surface area contributed by atoms with Crippen LogP contribution in [0, 0.1) is 0 Å². The molecule has 30 heavy (non-hydrogen) atoms. The first-order valence-electron chi connectivity index (χ1n) is 9.30. The Morgan fingerprint density at radius 3 is 1.77 bits per heavy atom. The fourth-order valence-electron chi connectivity index (χ4n) is 3.45. The van der Waals surface area contributed by atoms with Gasteiger partial charge in [0.25, 0.3) is 0 Å². The van der Waals surface area contributed by atoms with Crippen LogP contribution in [0.5, 0.6) is 0 Å². The molecule has 6 aromatic rings. The first-order chi connectivity index (χ1) is 14.9. The third-order valence-corrected chi connectivity index (χ3v) is 11.3. The Hall–Kier alpha value is -1.80. The van der Waals surface area contributed by atoms with Crippen LogP contribution in [-0.4, -0.2) is 0 Å². The smallest absolute Gasteiger partial charge is 0.0528 e. The highest BCUT2D eigenvalue weighted by molar-refractivity contribution is 7.27. The molecule has 0 aliphatic heterocycles. The van der Waals surface area contributed by atoms with Gasteiger partial charge in [-0.2, -0.15) is 0 Å². The van der Waals surface area contributed by atoms with Gasteiger partial charge in [-0.25, -0.2) is 0 Å². The van der Waals surface area contributed by atoms with Gasteiger partial charge in [0.15, 0.2) is 0 Å². The van der Waals surface area contributed by atoms with Gasteiger partial charge < -0.3 is 0 Å². The Morgan fingerprint density at radius 1 is 0.400 bits per heavy atom. The zero-order valence-corrected chi connectivity index (χ0v) is 20.4. The molecule has 0 amide bonds. The molecule has 146 valence electrons.